The van der Waals surface area contributed by atoms with Gasteiger partial charge in [0.15, 0.2) is 0 Å². The lowest BCUT2D eigenvalue weighted by atomic mass is 10.7. The molecule has 0 fully saturated rings. The summed E-state index contributed by atoms with van der Waals surface area (Å²) in [6.45, 7) is 0. The fourth-order valence-corrected chi connectivity index (χ4v) is 0.227. The van der Waals surface area contributed by atoms with Gasteiger partial charge in [0.25, 0.3) is 0 Å². The molecule has 1 heterocycles. The van der Waals surface area contributed by atoms with Crippen LogP contribution in [0.2, 0.25) is 0 Å². The zero-order valence-corrected chi connectivity index (χ0v) is 5.06. The first-order valence-electron chi connectivity index (χ1n) is 2.42. The maximum absolute atomic E-state index is 9.00. The molecule has 1 aromatic rings. The maximum atomic E-state index is 9.00. The normalized spacial score (nSPS) is 7.20. The summed E-state index contributed by atoms with van der Waals surface area (Å²) >= 11 is 0. The number of furan rings is 1. The van der Waals surface area contributed by atoms with E-state index in [4.69, 9.17) is 14.7 Å². The molecule has 1 N–H and O–H groups in total. The second-order valence-corrected chi connectivity index (χ2v) is 1.25. The Labute approximate surface area is 57.1 Å². The number of aliphatic carboxylic acids is 1. The van der Waals surface area contributed by atoms with Crippen molar-refractivity contribution in [2.75, 3.05) is 0 Å². The van der Waals surface area contributed by atoms with Crippen LogP contribution in [0, 0.1) is 0 Å². The van der Waals surface area contributed by atoms with Crippen LogP contribution in [0.3, 0.4) is 0 Å². The average Bonchev–Trinajstić information content (AvgIpc) is 2.43. The van der Waals surface area contributed by atoms with Crippen LogP contribution in [0.1, 0.15) is 0 Å². The molecular formula is C6H6O4. The third-order valence-corrected chi connectivity index (χ3v) is 0.526. The molecule has 0 saturated heterocycles. The highest BCUT2D eigenvalue weighted by Crippen LogP contribution is 1.79. The minimum absolute atomic E-state index is 0.167. The molecule has 0 unspecified atom stereocenters. The van der Waals surface area contributed by atoms with Crippen molar-refractivity contribution in [1.29, 1.82) is 0 Å². The van der Waals surface area contributed by atoms with Crippen molar-refractivity contribution in [2.24, 2.45) is 0 Å². The minimum Gasteiger partial charge on any atom is -0.476 e. The first-order chi connectivity index (χ1) is 4.77. The molecule has 54 valence electrons. The monoisotopic (exact) mass is 142 g/mol. The molecule has 0 aliphatic carbocycles. The predicted octanol–water partition coefficient (Wildman–Crippen LogP) is 0.550. The fourth-order valence-electron chi connectivity index (χ4n) is 0.227. The van der Waals surface area contributed by atoms with Gasteiger partial charge in [-0.25, -0.2) is 4.79 Å². The number of carbonyl (C=O) groups excluding carboxylic acids is 1. The first-order valence-corrected chi connectivity index (χ1v) is 2.42. The Morgan fingerprint density at radius 2 is 1.80 bits per heavy atom. The number of hydrogen-bond donors (Lipinski definition) is 1. The summed E-state index contributed by atoms with van der Waals surface area (Å²) in [6.07, 6.45) is 3.08. The van der Waals surface area contributed by atoms with Gasteiger partial charge < -0.3 is 9.52 Å². The lowest BCUT2D eigenvalue weighted by Gasteiger charge is -1.59. The number of aldehydes is 1. The van der Waals surface area contributed by atoms with E-state index in [2.05, 4.69) is 4.42 Å². The molecule has 4 nitrogen and oxygen atoms in total. The summed E-state index contributed by atoms with van der Waals surface area (Å²) in [5.41, 5.74) is 0. The molecule has 0 aromatic carbocycles. The van der Waals surface area contributed by atoms with Crippen LogP contribution in [0.4, 0.5) is 0 Å². The molecule has 1 aromatic heterocycles. The number of carbonyl (C=O) groups is 2. The van der Waals surface area contributed by atoms with Gasteiger partial charge in [0.1, 0.15) is 0 Å². The molecule has 0 radical (unpaired) electrons. The molecular weight excluding hydrogens is 136 g/mol. The van der Waals surface area contributed by atoms with Crippen molar-refractivity contribution in [1.82, 2.24) is 0 Å². The fraction of sp³-hybridized carbons (Fsp3) is 0. The van der Waals surface area contributed by atoms with Gasteiger partial charge in [-0.1, -0.05) is 0 Å². The number of carboxylic acids is 1. The summed E-state index contributed by atoms with van der Waals surface area (Å²) < 4.78 is 4.58. The Morgan fingerprint density at radius 3 is 1.90 bits per heavy atom. The highest BCUT2D eigenvalue weighted by Gasteiger charge is 1.80. The zero-order valence-electron chi connectivity index (χ0n) is 5.06. The Bertz CT molecular complexity index is 160. The van der Waals surface area contributed by atoms with Crippen LogP contribution in [0.5, 0.6) is 0 Å². The number of carboxylic acid groups (broad SMARTS) is 1. The van der Waals surface area contributed by atoms with Crippen LogP contribution < -0.4 is 0 Å². The van der Waals surface area contributed by atoms with Crippen molar-refractivity contribution in [3.63, 3.8) is 0 Å². The number of rotatable bonds is 1. The standard InChI is InChI=1S/C4H4O.C2H2O3/c1-2-4-5-3-1;3-1-2(4)5/h1-4H;1H,(H,4,5). The van der Waals surface area contributed by atoms with Crippen LogP contribution >= 0.6 is 0 Å². The molecule has 0 saturated carbocycles. The van der Waals surface area contributed by atoms with E-state index in [0.717, 1.165) is 0 Å². The summed E-state index contributed by atoms with van der Waals surface area (Å²) in [5, 5.41) is 7.35. The van der Waals surface area contributed by atoms with E-state index in [-0.39, 0.29) is 6.29 Å². The van der Waals surface area contributed by atoms with E-state index in [1.54, 1.807) is 12.5 Å². The average molecular weight is 142 g/mol. The lowest BCUT2D eigenvalue weighted by Crippen LogP contribution is -1.91. The Kier molecular flexibility index (Phi) is 4.68. The topological polar surface area (TPSA) is 67.5 Å². The van der Waals surface area contributed by atoms with E-state index >= 15 is 0 Å². The SMILES string of the molecule is O=CC(=O)O.c1ccoc1. The Hall–Kier alpha value is -1.58. The van der Waals surface area contributed by atoms with Gasteiger partial charge in [0.05, 0.1) is 12.5 Å². The minimum atomic E-state index is -1.43. The lowest BCUT2D eigenvalue weighted by molar-refractivity contribution is -0.143. The molecule has 0 atom stereocenters. The van der Waals surface area contributed by atoms with Crippen molar-refractivity contribution >= 4 is 12.3 Å². The third-order valence-electron chi connectivity index (χ3n) is 0.526. The second kappa shape index (κ2) is 5.55. The van der Waals surface area contributed by atoms with E-state index in [0.29, 0.717) is 0 Å². The van der Waals surface area contributed by atoms with Gasteiger partial charge in [-0.3, -0.25) is 4.79 Å². The summed E-state index contributed by atoms with van der Waals surface area (Å²) in [7, 11) is 0. The second-order valence-electron chi connectivity index (χ2n) is 1.25. The van der Waals surface area contributed by atoms with Crippen molar-refractivity contribution < 1.29 is 19.1 Å². The smallest absolute Gasteiger partial charge is 0.368 e. The van der Waals surface area contributed by atoms with Gasteiger partial charge in [0, 0.05) is 0 Å². The van der Waals surface area contributed by atoms with E-state index in [1.807, 2.05) is 12.1 Å². The quantitative estimate of drug-likeness (QED) is 0.459. The zero-order chi connectivity index (χ0) is 7.82. The van der Waals surface area contributed by atoms with Crippen molar-refractivity contribution in [2.45, 2.75) is 0 Å². The summed E-state index contributed by atoms with van der Waals surface area (Å²) in [4.78, 5) is 17.9. The van der Waals surface area contributed by atoms with Crippen molar-refractivity contribution in [3.05, 3.63) is 24.7 Å². The van der Waals surface area contributed by atoms with E-state index in [9.17, 15) is 0 Å². The Balaban J connectivity index is 0.000000162. The molecule has 0 spiro atoms. The molecule has 0 amide bonds. The van der Waals surface area contributed by atoms with E-state index in [1.165, 1.54) is 0 Å². The van der Waals surface area contributed by atoms with Gasteiger partial charge in [-0.05, 0) is 12.1 Å². The molecule has 10 heavy (non-hydrogen) atoms. The van der Waals surface area contributed by atoms with Crippen LogP contribution in [-0.4, -0.2) is 17.4 Å². The number of hydrogen-bond acceptors (Lipinski definition) is 3. The van der Waals surface area contributed by atoms with Crippen molar-refractivity contribution in [3.8, 4) is 0 Å². The molecule has 1 rings (SSSR count). The first kappa shape index (κ1) is 8.42. The van der Waals surface area contributed by atoms with Gasteiger partial charge >= 0.3 is 5.97 Å². The molecule has 0 aliphatic heterocycles. The third kappa shape index (κ3) is 6.42. The van der Waals surface area contributed by atoms with Crippen LogP contribution in [-0.2, 0) is 9.59 Å². The summed E-state index contributed by atoms with van der Waals surface area (Å²) in [6, 6.07) is 3.67. The van der Waals surface area contributed by atoms with Crippen LogP contribution in [0.15, 0.2) is 29.1 Å². The highest BCUT2D eigenvalue weighted by molar-refractivity contribution is 6.19. The maximum Gasteiger partial charge on any atom is 0.368 e. The van der Waals surface area contributed by atoms with Gasteiger partial charge in [-0.2, -0.15) is 0 Å². The molecule has 0 bridgehead atoms. The highest BCUT2D eigenvalue weighted by atomic mass is 16.4. The Morgan fingerprint density at radius 1 is 1.40 bits per heavy atom. The summed E-state index contributed by atoms with van der Waals surface area (Å²) in [5.74, 6) is -1.43. The molecule has 4 heteroatoms. The van der Waals surface area contributed by atoms with E-state index < -0.39 is 5.97 Å². The van der Waals surface area contributed by atoms with Crippen LogP contribution in [0.25, 0.3) is 0 Å². The molecule has 0 aliphatic rings. The van der Waals surface area contributed by atoms with Gasteiger partial charge in [-0.15, -0.1) is 0 Å². The van der Waals surface area contributed by atoms with Gasteiger partial charge in [0.2, 0.25) is 6.29 Å². The predicted molar refractivity (Wildman–Crippen MR) is 32.4 cm³/mol. The largest absolute Gasteiger partial charge is 0.476 e.